The van der Waals surface area contributed by atoms with Crippen LogP contribution in [0.2, 0.25) is 10.0 Å². The van der Waals surface area contributed by atoms with Gasteiger partial charge in [-0.25, -0.2) is 4.98 Å². The highest BCUT2D eigenvalue weighted by Gasteiger charge is 2.31. The predicted octanol–water partition coefficient (Wildman–Crippen LogP) is 5.31. The molecule has 0 unspecified atom stereocenters. The van der Waals surface area contributed by atoms with E-state index in [2.05, 4.69) is 15.2 Å². The number of nitrogens with one attached hydrogen (secondary N) is 1. The summed E-state index contributed by atoms with van der Waals surface area (Å²) in [5.41, 5.74) is 1.39. The van der Waals surface area contributed by atoms with Gasteiger partial charge >= 0.3 is 0 Å². The van der Waals surface area contributed by atoms with Crippen molar-refractivity contribution in [3.63, 3.8) is 0 Å². The quantitative estimate of drug-likeness (QED) is 0.605. The fourth-order valence-electron chi connectivity index (χ4n) is 3.22. The zero-order valence-electron chi connectivity index (χ0n) is 14.3. The number of likely N-dealkylation sites (tertiary alicyclic amines) is 1. The summed E-state index contributed by atoms with van der Waals surface area (Å²) in [6.07, 6.45) is 3.42. The monoisotopic (exact) mass is 421 g/mol. The fraction of sp³-hybridized carbons (Fsp3) is 0.263. The summed E-state index contributed by atoms with van der Waals surface area (Å²) in [4.78, 5) is 20.4. The van der Waals surface area contributed by atoms with Crippen molar-refractivity contribution >= 4 is 46.1 Å². The van der Waals surface area contributed by atoms with Gasteiger partial charge in [0.2, 0.25) is 11.8 Å². The Kier molecular flexibility index (Phi) is 5.50. The molecule has 0 spiro atoms. The van der Waals surface area contributed by atoms with Crippen LogP contribution in [0.15, 0.2) is 46.4 Å². The summed E-state index contributed by atoms with van der Waals surface area (Å²) >= 11 is 13.7. The van der Waals surface area contributed by atoms with E-state index in [1.54, 1.807) is 35.8 Å². The second-order valence-corrected chi connectivity index (χ2v) is 8.15. The fourth-order valence-corrected chi connectivity index (χ4v) is 4.33. The van der Waals surface area contributed by atoms with Crippen molar-refractivity contribution in [3.05, 3.63) is 57.7 Å². The topological polar surface area (TPSA) is 58.4 Å². The first-order valence-corrected chi connectivity index (χ1v) is 10.2. The molecule has 1 aromatic carbocycles. The van der Waals surface area contributed by atoms with E-state index in [0.29, 0.717) is 28.2 Å². The molecule has 1 aliphatic heterocycles. The van der Waals surface area contributed by atoms with Crippen LogP contribution in [0.3, 0.4) is 0 Å². The van der Waals surface area contributed by atoms with Gasteiger partial charge in [-0.1, -0.05) is 29.3 Å². The summed E-state index contributed by atoms with van der Waals surface area (Å²) in [6, 6.07) is 8.75. The van der Waals surface area contributed by atoms with E-state index < -0.39 is 0 Å². The summed E-state index contributed by atoms with van der Waals surface area (Å²) in [6.45, 7) is 1.41. The van der Waals surface area contributed by atoms with E-state index in [-0.39, 0.29) is 11.9 Å². The van der Waals surface area contributed by atoms with Crippen LogP contribution in [0.5, 0.6) is 0 Å². The van der Waals surface area contributed by atoms with Crippen LogP contribution in [0.4, 0.5) is 5.69 Å². The number of nitrogens with zero attached hydrogens (tertiary/aromatic N) is 2. The van der Waals surface area contributed by atoms with Gasteiger partial charge in [-0.2, -0.15) is 0 Å². The number of amides is 1. The van der Waals surface area contributed by atoms with Gasteiger partial charge in [0.15, 0.2) is 0 Å². The molecule has 1 amide bonds. The van der Waals surface area contributed by atoms with Crippen LogP contribution < -0.4 is 5.32 Å². The van der Waals surface area contributed by atoms with Crippen molar-refractivity contribution in [1.82, 2.24) is 9.88 Å². The third-order valence-electron chi connectivity index (χ3n) is 4.50. The molecule has 27 heavy (non-hydrogen) atoms. The van der Waals surface area contributed by atoms with Gasteiger partial charge in [0.1, 0.15) is 6.26 Å². The lowest BCUT2D eigenvalue weighted by Gasteiger charge is -2.22. The molecule has 1 aliphatic rings. The van der Waals surface area contributed by atoms with Gasteiger partial charge in [0, 0.05) is 11.6 Å². The highest BCUT2D eigenvalue weighted by Crippen LogP contribution is 2.28. The molecule has 2 aromatic heterocycles. The molecule has 4 rings (SSSR count). The van der Waals surface area contributed by atoms with E-state index in [1.807, 2.05) is 17.5 Å². The number of hydrogen-bond donors (Lipinski definition) is 1. The third-order valence-corrected chi connectivity index (χ3v) is 5.91. The SMILES string of the molecule is O=C(Nc1ccc(Cl)cc1Cl)[C@@H]1CCCN1Cc1coc(-c2cccs2)n1. The number of halogens is 2. The molecule has 0 aliphatic carbocycles. The molecule has 0 bridgehead atoms. The van der Waals surface area contributed by atoms with Crippen LogP contribution in [0.1, 0.15) is 18.5 Å². The standard InChI is InChI=1S/C19H17Cl2N3O2S/c20-12-5-6-15(14(21)9-12)23-18(25)16-3-1-7-24(16)10-13-11-26-19(22-13)17-4-2-8-27-17/h2,4-6,8-9,11,16H,1,3,7,10H2,(H,23,25)/t16-/m0/s1. The minimum absolute atomic E-state index is 0.0707. The first-order valence-electron chi connectivity index (χ1n) is 8.58. The number of anilines is 1. The molecule has 0 saturated carbocycles. The molecule has 1 fully saturated rings. The maximum Gasteiger partial charge on any atom is 0.241 e. The van der Waals surface area contributed by atoms with Crippen molar-refractivity contribution in [2.24, 2.45) is 0 Å². The Morgan fingerprint density at radius 2 is 2.26 bits per heavy atom. The number of carbonyl (C=O) groups is 1. The van der Waals surface area contributed by atoms with Gasteiger partial charge in [0.25, 0.3) is 0 Å². The summed E-state index contributed by atoms with van der Waals surface area (Å²) < 4.78 is 5.58. The Morgan fingerprint density at radius 3 is 3.04 bits per heavy atom. The van der Waals surface area contributed by atoms with Crippen LogP contribution >= 0.6 is 34.5 Å². The highest BCUT2D eigenvalue weighted by molar-refractivity contribution is 7.13. The number of benzene rings is 1. The number of oxazole rings is 1. The summed E-state index contributed by atoms with van der Waals surface area (Å²) in [5, 5.41) is 5.86. The Morgan fingerprint density at radius 1 is 1.37 bits per heavy atom. The normalized spacial score (nSPS) is 17.3. The maximum atomic E-state index is 12.8. The Balaban J connectivity index is 1.43. The molecule has 1 N–H and O–H groups in total. The Bertz CT molecular complexity index is 942. The van der Waals surface area contributed by atoms with Crippen molar-refractivity contribution in [2.75, 3.05) is 11.9 Å². The lowest BCUT2D eigenvalue weighted by molar-refractivity contribution is -0.120. The Labute approximate surface area is 170 Å². The molecule has 140 valence electrons. The number of rotatable bonds is 5. The average molecular weight is 422 g/mol. The molecule has 5 nitrogen and oxygen atoms in total. The zero-order chi connectivity index (χ0) is 18.8. The number of aromatic nitrogens is 1. The van der Waals surface area contributed by atoms with Gasteiger partial charge in [-0.15, -0.1) is 11.3 Å². The van der Waals surface area contributed by atoms with Gasteiger partial charge in [0.05, 0.1) is 27.3 Å². The Hall–Kier alpha value is -1.86. The molecular weight excluding hydrogens is 405 g/mol. The van der Waals surface area contributed by atoms with E-state index in [9.17, 15) is 4.79 Å². The molecule has 1 saturated heterocycles. The van der Waals surface area contributed by atoms with Crippen LogP contribution in [-0.4, -0.2) is 28.4 Å². The largest absolute Gasteiger partial charge is 0.444 e. The van der Waals surface area contributed by atoms with Crippen molar-refractivity contribution in [1.29, 1.82) is 0 Å². The van der Waals surface area contributed by atoms with E-state index in [4.69, 9.17) is 27.6 Å². The molecule has 3 heterocycles. The van der Waals surface area contributed by atoms with Crippen molar-refractivity contribution in [3.8, 4) is 10.8 Å². The van der Waals surface area contributed by atoms with Gasteiger partial charge in [-0.05, 0) is 49.0 Å². The highest BCUT2D eigenvalue weighted by atomic mass is 35.5. The van der Waals surface area contributed by atoms with Gasteiger partial charge in [-0.3, -0.25) is 9.69 Å². The number of thiophene rings is 1. The maximum absolute atomic E-state index is 12.8. The molecule has 0 radical (unpaired) electrons. The van der Waals surface area contributed by atoms with E-state index in [1.165, 1.54) is 0 Å². The molecular formula is C19H17Cl2N3O2S. The second-order valence-electron chi connectivity index (χ2n) is 6.36. The first kappa shape index (κ1) is 18.5. The summed E-state index contributed by atoms with van der Waals surface area (Å²) in [7, 11) is 0. The second kappa shape index (κ2) is 8.02. The smallest absolute Gasteiger partial charge is 0.241 e. The predicted molar refractivity (Wildman–Crippen MR) is 108 cm³/mol. The molecule has 8 heteroatoms. The number of carbonyl (C=O) groups excluding carboxylic acids is 1. The van der Waals surface area contributed by atoms with Crippen LogP contribution in [-0.2, 0) is 11.3 Å². The average Bonchev–Trinajstić information content (AvgIpc) is 3.38. The van der Waals surface area contributed by atoms with Crippen LogP contribution in [0.25, 0.3) is 10.8 Å². The molecule has 3 aromatic rings. The van der Waals surface area contributed by atoms with Crippen molar-refractivity contribution in [2.45, 2.75) is 25.4 Å². The lowest BCUT2D eigenvalue weighted by atomic mass is 10.2. The van der Waals surface area contributed by atoms with Crippen LogP contribution in [0, 0.1) is 0 Å². The zero-order valence-corrected chi connectivity index (χ0v) is 16.7. The lowest BCUT2D eigenvalue weighted by Crippen LogP contribution is -2.39. The first-order chi connectivity index (χ1) is 13.1. The van der Waals surface area contributed by atoms with E-state index >= 15 is 0 Å². The molecule has 1 atom stereocenters. The van der Waals surface area contributed by atoms with E-state index in [0.717, 1.165) is 30.0 Å². The third kappa shape index (κ3) is 4.19. The summed E-state index contributed by atoms with van der Waals surface area (Å²) in [5.74, 6) is 0.548. The number of hydrogen-bond acceptors (Lipinski definition) is 5. The van der Waals surface area contributed by atoms with Crippen molar-refractivity contribution < 1.29 is 9.21 Å². The van der Waals surface area contributed by atoms with Gasteiger partial charge < -0.3 is 9.73 Å². The minimum atomic E-state index is -0.223. The minimum Gasteiger partial charge on any atom is -0.444 e.